The van der Waals surface area contributed by atoms with Crippen LogP contribution in [0.4, 0.5) is 0 Å². The topological polar surface area (TPSA) is 49.3 Å². The molecule has 0 aliphatic carbocycles. The monoisotopic (exact) mass is 410 g/mol. The quantitative estimate of drug-likeness (QED) is 0.453. The molecule has 0 unspecified atom stereocenters. The van der Waals surface area contributed by atoms with Gasteiger partial charge in [-0.2, -0.15) is 0 Å². The van der Waals surface area contributed by atoms with Crippen LogP contribution in [0.2, 0.25) is 0 Å². The van der Waals surface area contributed by atoms with E-state index in [1.54, 1.807) is 13.2 Å². The largest absolute Gasteiger partial charge is 0.356 e. The fourth-order valence-electron chi connectivity index (χ4n) is 1.98. The lowest BCUT2D eigenvalue weighted by Crippen LogP contribution is -2.38. The number of aromatic nitrogens is 1. The summed E-state index contributed by atoms with van der Waals surface area (Å²) >= 11 is 0. The minimum absolute atomic E-state index is 0. The van der Waals surface area contributed by atoms with Gasteiger partial charge in [-0.3, -0.25) is 9.98 Å². The van der Waals surface area contributed by atoms with Crippen molar-refractivity contribution in [2.24, 2.45) is 4.99 Å². The van der Waals surface area contributed by atoms with Crippen molar-refractivity contribution in [3.63, 3.8) is 0 Å². The van der Waals surface area contributed by atoms with Gasteiger partial charge in [-0.15, -0.1) is 24.0 Å². The molecule has 0 aliphatic rings. The molecule has 0 atom stereocenters. The van der Waals surface area contributed by atoms with Gasteiger partial charge in [-0.25, -0.2) is 0 Å². The van der Waals surface area contributed by atoms with Crippen molar-refractivity contribution in [2.75, 3.05) is 13.6 Å². The van der Waals surface area contributed by atoms with E-state index in [4.69, 9.17) is 0 Å². The molecule has 2 aromatic rings. The highest BCUT2D eigenvalue weighted by atomic mass is 127. The van der Waals surface area contributed by atoms with Gasteiger partial charge in [0, 0.05) is 19.8 Å². The van der Waals surface area contributed by atoms with Gasteiger partial charge in [0.15, 0.2) is 5.96 Å². The van der Waals surface area contributed by atoms with Crippen molar-refractivity contribution in [2.45, 2.75) is 19.9 Å². The summed E-state index contributed by atoms with van der Waals surface area (Å²) in [4.78, 5) is 8.49. The Labute approximate surface area is 149 Å². The maximum Gasteiger partial charge on any atom is 0.191 e. The normalized spacial score (nSPS) is 10.7. The zero-order valence-electron chi connectivity index (χ0n) is 13.0. The van der Waals surface area contributed by atoms with E-state index in [0.29, 0.717) is 6.54 Å². The third-order valence-electron chi connectivity index (χ3n) is 3.21. The average Bonchev–Trinajstić information content (AvgIpc) is 2.53. The molecule has 0 radical (unpaired) electrons. The molecule has 2 rings (SSSR count). The van der Waals surface area contributed by atoms with E-state index in [0.717, 1.165) is 24.6 Å². The van der Waals surface area contributed by atoms with Crippen LogP contribution in [-0.2, 0) is 13.0 Å². The first kappa shape index (κ1) is 18.4. The highest BCUT2D eigenvalue weighted by Crippen LogP contribution is 2.03. The van der Waals surface area contributed by atoms with Crippen LogP contribution < -0.4 is 10.6 Å². The molecule has 0 bridgehead atoms. The van der Waals surface area contributed by atoms with E-state index in [9.17, 15) is 0 Å². The van der Waals surface area contributed by atoms with E-state index in [1.807, 2.05) is 18.2 Å². The number of nitrogens with zero attached hydrogens (tertiary/aromatic N) is 2. The zero-order chi connectivity index (χ0) is 14.9. The van der Waals surface area contributed by atoms with Gasteiger partial charge in [-0.1, -0.05) is 35.9 Å². The first-order valence-corrected chi connectivity index (χ1v) is 7.18. The van der Waals surface area contributed by atoms with E-state index in [1.165, 1.54) is 11.1 Å². The van der Waals surface area contributed by atoms with E-state index >= 15 is 0 Å². The predicted octanol–water partition coefficient (Wildman–Crippen LogP) is 2.92. The Morgan fingerprint density at radius 3 is 2.50 bits per heavy atom. The summed E-state index contributed by atoms with van der Waals surface area (Å²) in [5.74, 6) is 0.799. The van der Waals surface area contributed by atoms with Crippen molar-refractivity contribution in [3.8, 4) is 0 Å². The molecule has 0 amide bonds. The number of pyridine rings is 1. The standard InChI is InChI=1S/C17H22N4.HI/c1-14-6-8-15(9-7-14)10-12-20-17(18-2)21-13-16-5-3-4-11-19-16;/h3-9,11H,10,12-13H2,1-2H3,(H2,18,20,21);1H. The van der Waals surface area contributed by atoms with Gasteiger partial charge in [0.2, 0.25) is 0 Å². The molecule has 0 fully saturated rings. The van der Waals surface area contributed by atoms with Crippen molar-refractivity contribution >= 4 is 29.9 Å². The SMILES string of the molecule is CN=C(NCCc1ccc(C)cc1)NCc1ccccn1.I. The molecule has 22 heavy (non-hydrogen) atoms. The number of guanidine groups is 1. The minimum atomic E-state index is 0. The molecule has 118 valence electrons. The van der Waals surface area contributed by atoms with Crippen LogP contribution in [0, 0.1) is 6.92 Å². The highest BCUT2D eigenvalue weighted by Gasteiger charge is 1.99. The van der Waals surface area contributed by atoms with Crippen molar-refractivity contribution < 1.29 is 0 Å². The molecule has 1 aromatic carbocycles. The van der Waals surface area contributed by atoms with Crippen LogP contribution in [0.5, 0.6) is 0 Å². The third-order valence-corrected chi connectivity index (χ3v) is 3.21. The lowest BCUT2D eigenvalue weighted by molar-refractivity contribution is 0.783. The highest BCUT2D eigenvalue weighted by molar-refractivity contribution is 14.0. The van der Waals surface area contributed by atoms with Gasteiger partial charge in [0.1, 0.15) is 0 Å². The molecule has 0 saturated carbocycles. The van der Waals surface area contributed by atoms with Crippen LogP contribution in [0.1, 0.15) is 16.8 Å². The second kappa shape index (κ2) is 10.2. The number of rotatable bonds is 5. The maximum atomic E-state index is 4.28. The average molecular weight is 410 g/mol. The lowest BCUT2D eigenvalue weighted by Gasteiger charge is -2.11. The van der Waals surface area contributed by atoms with Crippen molar-refractivity contribution in [1.29, 1.82) is 0 Å². The summed E-state index contributed by atoms with van der Waals surface area (Å²) in [6.07, 6.45) is 2.77. The van der Waals surface area contributed by atoms with Crippen LogP contribution in [0.15, 0.2) is 53.7 Å². The van der Waals surface area contributed by atoms with Gasteiger partial charge < -0.3 is 10.6 Å². The van der Waals surface area contributed by atoms with E-state index in [-0.39, 0.29) is 24.0 Å². The fraction of sp³-hybridized carbons (Fsp3) is 0.294. The number of aryl methyl sites for hydroxylation is 1. The van der Waals surface area contributed by atoms with Gasteiger partial charge >= 0.3 is 0 Å². The number of nitrogens with one attached hydrogen (secondary N) is 2. The van der Waals surface area contributed by atoms with Crippen molar-refractivity contribution in [1.82, 2.24) is 15.6 Å². The predicted molar refractivity (Wildman–Crippen MR) is 103 cm³/mol. The Bertz CT molecular complexity index is 567. The molecule has 4 nitrogen and oxygen atoms in total. The van der Waals surface area contributed by atoms with E-state index in [2.05, 4.69) is 51.8 Å². The molecular weight excluding hydrogens is 387 g/mol. The van der Waals surface area contributed by atoms with E-state index < -0.39 is 0 Å². The van der Waals surface area contributed by atoms with Crippen LogP contribution in [0.3, 0.4) is 0 Å². The Balaban J connectivity index is 0.00000242. The summed E-state index contributed by atoms with van der Waals surface area (Å²) < 4.78 is 0. The molecule has 0 aliphatic heterocycles. The molecule has 1 aromatic heterocycles. The minimum Gasteiger partial charge on any atom is -0.356 e. The number of benzene rings is 1. The molecule has 0 spiro atoms. The Kier molecular flexibility index (Phi) is 8.50. The third kappa shape index (κ3) is 6.43. The summed E-state index contributed by atoms with van der Waals surface area (Å²) in [6.45, 7) is 3.63. The number of hydrogen-bond acceptors (Lipinski definition) is 2. The number of aliphatic imine (C=N–C) groups is 1. The molecule has 2 N–H and O–H groups in total. The van der Waals surface area contributed by atoms with Gasteiger partial charge in [-0.05, 0) is 31.0 Å². The Morgan fingerprint density at radius 2 is 1.86 bits per heavy atom. The maximum absolute atomic E-state index is 4.28. The fourth-order valence-corrected chi connectivity index (χ4v) is 1.98. The van der Waals surface area contributed by atoms with Crippen LogP contribution in [-0.4, -0.2) is 24.5 Å². The summed E-state index contributed by atoms with van der Waals surface area (Å²) in [6, 6.07) is 14.5. The second-order valence-electron chi connectivity index (χ2n) is 4.91. The zero-order valence-corrected chi connectivity index (χ0v) is 15.4. The van der Waals surface area contributed by atoms with Crippen LogP contribution >= 0.6 is 24.0 Å². The summed E-state index contributed by atoms with van der Waals surface area (Å²) in [5, 5.41) is 6.57. The van der Waals surface area contributed by atoms with Gasteiger partial charge in [0.25, 0.3) is 0 Å². The summed E-state index contributed by atoms with van der Waals surface area (Å²) in [5.41, 5.74) is 3.62. The summed E-state index contributed by atoms with van der Waals surface area (Å²) in [7, 11) is 1.78. The molecular formula is C17H23IN4. The lowest BCUT2D eigenvalue weighted by atomic mass is 10.1. The number of hydrogen-bond donors (Lipinski definition) is 2. The first-order valence-electron chi connectivity index (χ1n) is 7.18. The molecule has 5 heteroatoms. The van der Waals surface area contributed by atoms with Gasteiger partial charge in [0.05, 0.1) is 12.2 Å². The Hall–Kier alpha value is -1.63. The molecule has 1 heterocycles. The molecule has 0 saturated heterocycles. The second-order valence-corrected chi connectivity index (χ2v) is 4.91. The van der Waals surface area contributed by atoms with Crippen LogP contribution in [0.25, 0.3) is 0 Å². The first-order chi connectivity index (χ1) is 10.3. The number of halogens is 1. The Morgan fingerprint density at radius 1 is 1.09 bits per heavy atom. The smallest absolute Gasteiger partial charge is 0.191 e. The van der Waals surface area contributed by atoms with Crippen molar-refractivity contribution in [3.05, 3.63) is 65.5 Å².